The fraction of sp³-hybridized carbons (Fsp3) is 0.875. The Hall–Kier alpha value is -0.170. The van der Waals surface area contributed by atoms with Crippen molar-refractivity contribution in [3.8, 4) is 0 Å². The minimum atomic E-state index is -1.49. The average molecular weight is 346 g/mol. The molecule has 0 spiro atoms. The summed E-state index contributed by atoms with van der Waals surface area (Å²) in [6, 6.07) is -0.565. The zero-order chi connectivity index (χ0) is 12.1. The van der Waals surface area contributed by atoms with E-state index >= 15 is 0 Å². The van der Waals surface area contributed by atoms with Gasteiger partial charge in [-0.1, -0.05) is 19.8 Å². The van der Waals surface area contributed by atoms with Crippen molar-refractivity contribution in [2.75, 3.05) is 0 Å². The standard InChI is InChI=1S/C8H14Br2N2O3/c1-3-4-5-7(11-6(2)13)8(9,10)12(14)15/h7H,3-5H2,1-2H3,(H,11,13). The number of nitrogens with one attached hydrogen (secondary N) is 1. The number of nitro groups is 1. The third-order valence-corrected chi connectivity index (χ3v) is 3.57. The van der Waals surface area contributed by atoms with E-state index in [2.05, 4.69) is 37.2 Å². The van der Waals surface area contributed by atoms with E-state index in [1.807, 2.05) is 6.92 Å². The third kappa shape index (κ3) is 4.92. The van der Waals surface area contributed by atoms with Crippen LogP contribution in [0.4, 0.5) is 0 Å². The second-order valence-corrected chi connectivity index (χ2v) is 6.72. The largest absolute Gasteiger partial charge is 0.346 e. The first-order valence-corrected chi connectivity index (χ1v) is 6.20. The minimum Gasteiger partial charge on any atom is -0.345 e. The first kappa shape index (κ1) is 14.8. The van der Waals surface area contributed by atoms with E-state index < -0.39 is 14.3 Å². The van der Waals surface area contributed by atoms with E-state index in [9.17, 15) is 14.9 Å². The summed E-state index contributed by atoms with van der Waals surface area (Å²) in [6.45, 7) is 3.33. The number of carbonyl (C=O) groups excluding carboxylic acids is 1. The maximum absolute atomic E-state index is 10.9. The van der Waals surface area contributed by atoms with E-state index in [1.165, 1.54) is 6.92 Å². The number of rotatable bonds is 6. The number of carbonyl (C=O) groups is 1. The van der Waals surface area contributed by atoms with Crippen LogP contribution >= 0.6 is 31.9 Å². The van der Waals surface area contributed by atoms with Gasteiger partial charge in [0.2, 0.25) is 5.91 Å². The van der Waals surface area contributed by atoms with E-state index in [4.69, 9.17) is 0 Å². The molecule has 0 radical (unpaired) electrons. The van der Waals surface area contributed by atoms with Crippen molar-refractivity contribution in [1.82, 2.24) is 5.32 Å². The van der Waals surface area contributed by atoms with E-state index in [0.717, 1.165) is 12.8 Å². The third-order valence-electron chi connectivity index (χ3n) is 1.89. The molecule has 1 unspecified atom stereocenters. The first-order chi connectivity index (χ1) is 6.82. The SMILES string of the molecule is CCCCC(NC(C)=O)C(Br)(Br)[N+](=O)[O-]. The smallest absolute Gasteiger partial charge is 0.345 e. The average Bonchev–Trinajstić information content (AvgIpc) is 2.11. The molecule has 0 aromatic heterocycles. The summed E-state index contributed by atoms with van der Waals surface area (Å²) >= 11 is 5.95. The molecular weight excluding hydrogens is 332 g/mol. The Balaban J connectivity index is 4.59. The molecule has 1 N–H and O–H groups in total. The molecular formula is C8H14Br2N2O3. The minimum absolute atomic E-state index is 0.277. The highest BCUT2D eigenvalue weighted by molar-refractivity contribution is 9.25. The molecule has 0 bridgehead atoms. The summed E-state index contributed by atoms with van der Waals surface area (Å²) in [5.74, 6) is -0.277. The van der Waals surface area contributed by atoms with Gasteiger partial charge >= 0.3 is 3.36 Å². The molecule has 88 valence electrons. The lowest BCUT2D eigenvalue weighted by Crippen LogP contribution is -2.49. The van der Waals surface area contributed by atoms with Crippen molar-refractivity contribution in [1.29, 1.82) is 0 Å². The summed E-state index contributed by atoms with van der Waals surface area (Å²) in [6.07, 6.45) is 2.29. The summed E-state index contributed by atoms with van der Waals surface area (Å²) < 4.78 is -1.49. The highest BCUT2D eigenvalue weighted by Gasteiger charge is 2.45. The zero-order valence-electron chi connectivity index (χ0n) is 8.63. The van der Waals surface area contributed by atoms with Crippen LogP contribution in [0.1, 0.15) is 33.1 Å². The Bertz CT molecular complexity index is 246. The maximum atomic E-state index is 10.9. The lowest BCUT2D eigenvalue weighted by atomic mass is 10.1. The first-order valence-electron chi connectivity index (χ1n) is 4.61. The molecule has 0 saturated carbocycles. The number of hydrogen-bond acceptors (Lipinski definition) is 3. The number of halogens is 2. The van der Waals surface area contributed by atoms with Crippen LogP contribution in [-0.4, -0.2) is 20.2 Å². The van der Waals surface area contributed by atoms with Gasteiger partial charge in [0.1, 0.15) is 6.04 Å². The molecule has 15 heavy (non-hydrogen) atoms. The topological polar surface area (TPSA) is 72.2 Å². The van der Waals surface area contributed by atoms with Gasteiger partial charge in [0, 0.05) is 38.8 Å². The van der Waals surface area contributed by atoms with Crippen LogP contribution in [0, 0.1) is 10.1 Å². The Kier molecular flexibility index (Phi) is 6.35. The van der Waals surface area contributed by atoms with E-state index in [-0.39, 0.29) is 5.91 Å². The van der Waals surface area contributed by atoms with Gasteiger partial charge in [-0.15, -0.1) is 0 Å². The summed E-state index contributed by atoms with van der Waals surface area (Å²) in [4.78, 5) is 21.2. The van der Waals surface area contributed by atoms with Crippen LogP contribution < -0.4 is 5.32 Å². The van der Waals surface area contributed by atoms with Gasteiger partial charge in [-0.3, -0.25) is 14.9 Å². The zero-order valence-corrected chi connectivity index (χ0v) is 11.8. The van der Waals surface area contributed by atoms with Crippen LogP contribution in [0.2, 0.25) is 0 Å². The van der Waals surface area contributed by atoms with Gasteiger partial charge in [-0.25, -0.2) is 0 Å². The normalized spacial score (nSPS) is 13.3. The number of hydrogen-bond donors (Lipinski definition) is 1. The monoisotopic (exact) mass is 344 g/mol. The van der Waals surface area contributed by atoms with Crippen LogP contribution in [0.25, 0.3) is 0 Å². The van der Waals surface area contributed by atoms with Gasteiger partial charge in [0.15, 0.2) is 0 Å². The van der Waals surface area contributed by atoms with Crippen LogP contribution in [0.5, 0.6) is 0 Å². The highest BCUT2D eigenvalue weighted by atomic mass is 79.9. The highest BCUT2D eigenvalue weighted by Crippen LogP contribution is 2.33. The summed E-state index contributed by atoms with van der Waals surface area (Å²) in [5.41, 5.74) is 0. The van der Waals surface area contributed by atoms with Crippen molar-refractivity contribution >= 4 is 37.8 Å². The second-order valence-electron chi connectivity index (χ2n) is 3.24. The lowest BCUT2D eigenvalue weighted by Gasteiger charge is -2.23. The Morgan fingerprint density at radius 2 is 2.13 bits per heavy atom. The number of unbranched alkanes of at least 4 members (excludes halogenated alkanes) is 1. The lowest BCUT2D eigenvalue weighted by molar-refractivity contribution is -0.508. The number of amides is 1. The van der Waals surface area contributed by atoms with Crippen molar-refractivity contribution in [2.24, 2.45) is 0 Å². The molecule has 1 amide bonds. The Labute approximate surface area is 105 Å². The molecule has 0 aliphatic rings. The number of nitrogens with zero attached hydrogens (tertiary/aromatic N) is 1. The van der Waals surface area contributed by atoms with Gasteiger partial charge in [0.05, 0.1) is 4.92 Å². The van der Waals surface area contributed by atoms with Gasteiger partial charge in [-0.2, -0.15) is 0 Å². The molecule has 5 nitrogen and oxygen atoms in total. The van der Waals surface area contributed by atoms with Crippen LogP contribution in [-0.2, 0) is 4.79 Å². The summed E-state index contributed by atoms with van der Waals surface area (Å²) in [5, 5.41) is 13.3. The Morgan fingerprint density at radius 1 is 1.60 bits per heavy atom. The molecule has 0 fully saturated rings. The van der Waals surface area contributed by atoms with Crippen LogP contribution in [0.3, 0.4) is 0 Å². The molecule has 7 heteroatoms. The van der Waals surface area contributed by atoms with Crippen molar-refractivity contribution < 1.29 is 9.72 Å². The molecule has 0 heterocycles. The molecule has 0 rings (SSSR count). The van der Waals surface area contributed by atoms with Crippen molar-refractivity contribution in [3.05, 3.63) is 10.1 Å². The quantitative estimate of drug-likeness (QED) is 0.347. The molecule has 0 aliphatic heterocycles. The maximum Gasteiger partial charge on any atom is 0.346 e. The predicted molar refractivity (Wildman–Crippen MR) is 64.7 cm³/mol. The van der Waals surface area contributed by atoms with Crippen molar-refractivity contribution in [3.63, 3.8) is 0 Å². The molecule has 0 saturated heterocycles. The van der Waals surface area contributed by atoms with Gasteiger partial charge in [-0.05, 0) is 6.42 Å². The Morgan fingerprint density at radius 3 is 2.47 bits per heavy atom. The van der Waals surface area contributed by atoms with Crippen molar-refractivity contribution in [2.45, 2.75) is 42.5 Å². The fourth-order valence-electron chi connectivity index (χ4n) is 1.11. The van der Waals surface area contributed by atoms with Crippen LogP contribution in [0.15, 0.2) is 0 Å². The van der Waals surface area contributed by atoms with E-state index in [1.54, 1.807) is 0 Å². The molecule has 0 aliphatic carbocycles. The van der Waals surface area contributed by atoms with E-state index in [0.29, 0.717) is 6.42 Å². The summed E-state index contributed by atoms with van der Waals surface area (Å²) in [7, 11) is 0. The molecule has 0 aromatic carbocycles. The molecule has 1 atom stereocenters. The predicted octanol–water partition coefficient (Wildman–Crippen LogP) is 2.40. The van der Waals surface area contributed by atoms with Gasteiger partial charge in [0.25, 0.3) is 0 Å². The fourth-order valence-corrected chi connectivity index (χ4v) is 1.80. The van der Waals surface area contributed by atoms with Gasteiger partial charge < -0.3 is 5.32 Å². The molecule has 0 aromatic rings. The second kappa shape index (κ2) is 6.42. The number of alkyl halides is 2.